The summed E-state index contributed by atoms with van der Waals surface area (Å²) in [5.74, 6) is 0.504. The van der Waals surface area contributed by atoms with Crippen molar-refractivity contribution in [2.45, 2.75) is 12.5 Å². The molecule has 1 N–H and O–H groups in total. The van der Waals surface area contributed by atoms with Gasteiger partial charge in [0.15, 0.2) is 5.76 Å². The lowest BCUT2D eigenvalue weighted by Crippen LogP contribution is -2.06. The fourth-order valence-corrected chi connectivity index (χ4v) is 3.85. The molecule has 3 aromatic rings. The molecule has 7 heteroatoms. The highest BCUT2D eigenvalue weighted by Gasteiger charge is 2.27. The molecule has 1 unspecified atom stereocenters. The van der Waals surface area contributed by atoms with Gasteiger partial charge >= 0.3 is 0 Å². The Balaban J connectivity index is 2.10. The van der Waals surface area contributed by atoms with E-state index in [0.717, 1.165) is 10.5 Å². The van der Waals surface area contributed by atoms with Crippen molar-refractivity contribution in [1.82, 2.24) is 10.1 Å². The summed E-state index contributed by atoms with van der Waals surface area (Å²) in [6.45, 7) is 3.75. The van der Waals surface area contributed by atoms with Crippen LogP contribution in [0.25, 0.3) is 4.91 Å². The second-order valence-electron chi connectivity index (χ2n) is 5.94. The van der Waals surface area contributed by atoms with Crippen molar-refractivity contribution in [3.63, 3.8) is 0 Å². The van der Waals surface area contributed by atoms with Crippen molar-refractivity contribution in [2.24, 2.45) is 0 Å². The van der Waals surface area contributed by atoms with Gasteiger partial charge in [0, 0.05) is 34.4 Å². The minimum Gasteiger partial charge on any atom is -0.383 e. The second kappa shape index (κ2) is 9.43. The summed E-state index contributed by atoms with van der Waals surface area (Å²) in [6, 6.07) is 8.88. The Hall–Kier alpha value is -2.05. The van der Waals surface area contributed by atoms with Crippen molar-refractivity contribution >= 4 is 39.9 Å². The molecule has 0 saturated carbocycles. The summed E-state index contributed by atoms with van der Waals surface area (Å²) in [7, 11) is 0. The lowest BCUT2D eigenvalue weighted by Gasteiger charge is -2.13. The molecule has 0 aliphatic heterocycles. The lowest BCUT2D eigenvalue weighted by atomic mass is 9.97. The van der Waals surface area contributed by atoms with Gasteiger partial charge in [0.05, 0.1) is 16.2 Å². The molecule has 0 aliphatic carbocycles. The number of aliphatic hydroxyl groups excluding tert-OH is 1. The van der Waals surface area contributed by atoms with Crippen molar-refractivity contribution in [3.05, 3.63) is 99.6 Å². The molecule has 2 aromatic heterocycles. The van der Waals surface area contributed by atoms with E-state index in [1.54, 1.807) is 36.7 Å². The average Bonchev–Trinajstić information content (AvgIpc) is 3.11. The van der Waals surface area contributed by atoms with Crippen LogP contribution in [0.3, 0.4) is 0 Å². The third-order valence-corrected chi connectivity index (χ3v) is 5.51. The summed E-state index contributed by atoms with van der Waals surface area (Å²) in [4.78, 5) is 4.92. The van der Waals surface area contributed by atoms with Gasteiger partial charge in [-0.15, -0.1) is 11.8 Å². The molecular weight excluding hydrogens is 415 g/mol. The number of thioether (sulfide) groups is 1. The molecule has 3 rings (SSSR count). The van der Waals surface area contributed by atoms with Gasteiger partial charge in [0.1, 0.15) is 6.10 Å². The number of halogens is 2. The van der Waals surface area contributed by atoms with Crippen molar-refractivity contribution in [3.8, 4) is 0 Å². The van der Waals surface area contributed by atoms with Gasteiger partial charge in [0.25, 0.3) is 0 Å². The molecule has 1 aromatic carbocycles. The number of benzene rings is 1. The van der Waals surface area contributed by atoms with Crippen LogP contribution in [0.5, 0.6) is 0 Å². The number of aromatic nitrogens is 2. The Morgan fingerprint density at radius 2 is 2.18 bits per heavy atom. The predicted molar refractivity (Wildman–Crippen MR) is 116 cm³/mol. The smallest absolute Gasteiger partial charge is 0.179 e. The van der Waals surface area contributed by atoms with Gasteiger partial charge in [-0.3, -0.25) is 4.98 Å². The fourth-order valence-electron chi connectivity index (χ4n) is 2.81. The monoisotopic (exact) mass is 432 g/mol. The molecule has 0 bridgehead atoms. The fraction of sp³-hybridized carbons (Fsp3) is 0.143. The van der Waals surface area contributed by atoms with Crippen LogP contribution in [-0.2, 0) is 6.42 Å². The minimum atomic E-state index is -0.948. The predicted octanol–water partition coefficient (Wildman–Crippen LogP) is 5.94. The summed E-state index contributed by atoms with van der Waals surface area (Å²) in [6.07, 6.45) is 8.14. The van der Waals surface area contributed by atoms with Gasteiger partial charge in [-0.2, -0.15) is 0 Å². The molecule has 1 atom stereocenters. The Kier molecular flexibility index (Phi) is 6.97. The highest BCUT2D eigenvalue weighted by Crippen LogP contribution is 2.37. The van der Waals surface area contributed by atoms with Gasteiger partial charge in [-0.25, -0.2) is 0 Å². The third kappa shape index (κ3) is 4.50. The van der Waals surface area contributed by atoms with E-state index in [-0.39, 0.29) is 0 Å². The number of pyridine rings is 1. The molecule has 0 saturated heterocycles. The number of allylic oxidation sites excluding steroid dienone is 2. The maximum absolute atomic E-state index is 11.1. The zero-order valence-electron chi connectivity index (χ0n) is 15.1. The van der Waals surface area contributed by atoms with E-state index < -0.39 is 6.10 Å². The van der Waals surface area contributed by atoms with Gasteiger partial charge < -0.3 is 9.63 Å². The highest BCUT2D eigenvalue weighted by molar-refractivity contribution is 8.07. The van der Waals surface area contributed by atoms with E-state index in [0.29, 0.717) is 39.0 Å². The first-order valence-electron chi connectivity index (χ1n) is 8.42. The van der Waals surface area contributed by atoms with Gasteiger partial charge in [-0.05, 0) is 36.1 Å². The van der Waals surface area contributed by atoms with Crippen LogP contribution < -0.4 is 0 Å². The number of hydrogen-bond acceptors (Lipinski definition) is 5. The Labute approximate surface area is 177 Å². The summed E-state index contributed by atoms with van der Waals surface area (Å²) < 4.78 is 5.64. The Bertz CT molecular complexity index is 1000. The highest BCUT2D eigenvalue weighted by atomic mass is 35.5. The van der Waals surface area contributed by atoms with Gasteiger partial charge in [0.2, 0.25) is 0 Å². The van der Waals surface area contributed by atoms with Gasteiger partial charge in [-0.1, -0.05) is 53.1 Å². The minimum absolute atomic E-state index is 0.391. The first kappa shape index (κ1) is 20.7. The zero-order valence-corrected chi connectivity index (χ0v) is 17.4. The van der Waals surface area contributed by atoms with E-state index in [1.165, 1.54) is 11.8 Å². The molecule has 144 valence electrons. The van der Waals surface area contributed by atoms with Crippen LogP contribution in [0.2, 0.25) is 10.0 Å². The average molecular weight is 433 g/mol. The molecule has 0 spiro atoms. The standard InChI is InChI=1S/C21H18Cl2N2O2S/c1-3-5-18(28-2)21-19(20(26)14-6-4-9-24-12-14)17(25-27-21)10-13-7-8-15(22)11-16(13)23/h3-9,11-12,20,26H,1,10H2,2H3/b18-5-. The van der Waals surface area contributed by atoms with E-state index in [9.17, 15) is 5.11 Å². The number of nitrogens with zero attached hydrogens (tertiary/aromatic N) is 2. The first-order chi connectivity index (χ1) is 13.5. The van der Waals surface area contributed by atoms with E-state index >= 15 is 0 Å². The number of aliphatic hydroxyl groups is 1. The van der Waals surface area contributed by atoms with Crippen LogP contribution in [0, 0.1) is 0 Å². The SMILES string of the molecule is C=C/C=C(\SC)c1onc(Cc2ccc(Cl)cc2Cl)c1C(O)c1cccnc1. The molecule has 4 nitrogen and oxygen atoms in total. The second-order valence-corrected chi connectivity index (χ2v) is 7.64. The number of rotatable bonds is 7. The summed E-state index contributed by atoms with van der Waals surface area (Å²) >= 11 is 13.8. The summed E-state index contributed by atoms with van der Waals surface area (Å²) in [5, 5.41) is 16.4. The Morgan fingerprint density at radius 3 is 2.82 bits per heavy atom. The largest absolute Gasteiger partial charge is 0.383 e. The van der Waals surface area contributed by atoms with Crippen molar-refractivity contribution < 1.29 is 9.63 Å². The molecule has 0 amide bonds. The third-order valence-electron chi connectivity index (χ3n) is 4.16. The lowest BCUT2D eigenvalue weighted by molar-refractivity contribution is 0.217. The molecular formula is C21H18Cl2N2O2S. The molecule has 2 heterocycles. The summed E-state index contributed by atoms with van der Waals surface area (Å²) in [5.41, 5.74) is 2.67. The molecule has 0 radical (unpaired) electrons. The molecule has 0 aliphatic rings. The molecule has 28 heavy (non-hydrogen) atoms. The maximum Gasteiger partial charge on any atom is 0.179 e. The van der Waals surface area contributed by atoms with Crippen molar-refractivity contribution in [2.75, 3.05) is 6.26 Å². The van der Waals surface area contributed by atoms with Crippen molar-refractivity contribution in [1.29, 1.82) is 0 Å². The maximum atomic E-state index is 11.1. The normalized spacial score (nSPS) is 12.8. The topological polar surface area (TPSA) is 59.2 Å². The van der Waals surface area contributed by atoms with Crippen LogP contribution in [0.15, 0.2) is 66.0 Å². The Morgan fingerprint density at radius 1 is 1.36 bits per heavy atom. The first-order valence-corrected chi connectivity index (χ1v) is 10.4. The number of hydrogen-bond donors (Lipinski definition) is 1. The van der Waals surface area contributed by atoms with E-state index in [2.05, 4.69) is 16.7 Å². The van der Waals surface area contributed by atoms with Crippen LogP contribution in [0.4, 0.5) is 0 Å². The van der Waals surface area contributed by atoms with Crippen LogP contribution >= 0.6 is 35.0 Å². The van der Waals surface area contributed by atoms with E-state index in [4.69, 9.17) is 27.7 Å². The van der Waals surface area contributed by atoms with E-state index in [1.807, 2.05) is 24.5 Å². The van der Waals surface area contributed by atoms with Crippen LogP contribution in [-0.4, -0.2) is 21.5 Å². The molecule has 0 fully saturated rings. The quantitative estimate of drug-likeness (QED) is 0.468. The van der Waals surface area contributed by atoms with Crippen LogP contribution in [0.1, 0.15) is 34.2 Å². The zero-order chi connectivity index (χ0) is 20.1.